The number of rotatable bonds is 9. The third-order valence-corrected chi connectivity index (χ3v) is 7.23. The SMILES string of the molecule is CNCCCCN1CC[C@@H](CNC(=O)c2cc(Cl)c(Br)c3c2OCCCO3)[C@H](OC)C1. The number of ether oxygens (including phenoxy) is 3. The van der Waals surface area contributed by atoms with Gasteiger partial charge in [0.15, 0.2) is 11.5 Å². The summed E-state index contributed by atoms with van der Waals surface area (Å²) in [6.07, 6.45) is 4.20. The molecule has 0 aliphatic carbocycles. The molecule has 1 saturated heterocycles. The molecule has 1 fully saturated rings. The topological polar surface area (TPSA) is 72.1 Å². The number of methoxy groups -OCH3 is 1. The van der Waals surface area contributed by atoms with Crippen LogP contribution in [0.25, 0.3) is 0 Å². The summed E-state index contributed by atoms with van der Waals surface area (Å²) in [4.78, 5) is 15.5. The molecule has 7 nitrogen and oxygen atoms in total. The summed E-state index contributed by atoms with van der Waals surface area (Å²) >= 11 is 9.77. The lowest BCUT2D eigenvalue weighted by atomic mass is 9.93. The van der Waals surface area contributed by atoms with Gasteiger partial charge in [0.05, 0.1) is 34.4 Å². The van der Waals surface area contributed by atoms with Gasteiger partial charge in [-0.2, -0.15) is 0 Å². The van der Waals surface area contributed by atoms with Crippen LogP contribution in [0.15, 0.2) is 10.5 Å². The number of amides is 1. The molecule has 0 spiro atoms. The Hall–Kier alpha value is -1.06. The van der Waals surface area contributed by atoms with Crippen molar-refractivity contribution in [2.24, 2.45) is 5.92 Å². The van der Waals surface area contributed by atoms with Crippen molar-refractivity contribution in [2.75, 3.05) is 60.1 Å². The molecule has 2 atom stereocenters. The van der Waals surface area contributed by atoms with E-state index >= 15 is 0 Å². The van der Waals surface area contributed by atoms with Gasteiger partial charge in [-0.25, -0.2) is 0 Å². The summed E-state index contributed by atoms with van der Waals surface area (Å²) < 4.78 is 18.0. The van der Waals surface area contributed by atoms with Crippen LogP contribution in [-0.2, 0) is 4.74 Å². The number of nitrogens with zero attached hydrogens (tertiary/aromatic N) is 1. The van der Waals surface area contributed by atoms with Crippen molar-refractivity contribution in [3.8, 4) is 11.5 Å². The Balaban J connectivity index is 1.59. The van der Waals surface area contributed by atoms with Gasteiger partial charge in [-0.1, -0.05) is 11.6 Å². The zero-order chi connectivity index (χ0) is 22.2. The average molecular weight is 519 g/mol. The highest BCUT2D eigenvalue weighted by Crippen LogP contribution is 2.44. The first-order valence-corrected chi connectivity index (χ1v) is 12.2. The van der Waals surface area contributed by atoms with Crippen molar-refractivity contribution in [3.05, 3.63) is 21.1 Å². The van der Waals surface area contributed by atoms with Crippen LogP contribution in [0.4, 0.5) is 0 Å². The van der Waals surface area contributed by atoms with Crippen molar-refractivity contribution in [1.29, 1.82) is 0 Å². The standard InChI is InChI=1S/C22H33BrClN3O4/c1-25-7-3-4-8-27-9-6-15(18(14-27)29-2)13-26-22(28)16-12-17(24)19(23)21-20(16)30-10-5-11-31-21/h12,15,18,25H,3-11,13-14H2,1-2H3,(H,26,28)/t15-,18+/m0/s1. The summed E-state index contributed by atoms with van der Waals surface area (Å²) in [5.74, 6) is 1.01. The third kappa shape index (κ3) is 6.48. The lowest BCUT2D eigenvalue weighted by molar-refractivity contribution is -0.0107. The van der Waals surface area contributed by atoms with Crippen LogP contribution in [0.3, 0.4) is 0 Å². The number of hydrogen-bond donors (Lipinski definition) is 2. The highest BCUT2D eigenvalue weighted by Gasteiger charge is 2.30. The second-order valence-electron chi connectivity index (χ2n) is 8.07. The van der Waals surface area contributed by atoms with Gasteiger partial charge in [-0.15, -0.1) is 0 Å². The minimum absolute atomic E-state index is 0.101. The Morgan fingerprint density at radius 3 is 2.84 bits per heavy atom. The molecule has 2 aliphatic rings. The molecule has 174 valence electrons. The van der Waals surface area contributed by atoms with E-state index in [0.29, 0.717) is 46.3 Å². The van der Waals surface area contributed by atoms with E-state index in [1.807, 2.05) is 7.05 Å². The van der Waals surface area contributed by atoms with E-state index in [1.165, 1.54) is 12.8 Å². The molecule has 0 bridgehead atoms. The monoisotopic (exact) mass is 517 g/mol. The number of carbonyl (C=O) groups is 1. The summed E-state index contributed by atoms with van der Waals surface area (Å²) in [5, 5.41) is 6.69. The average Bonchev–Trinajstić information content (AvgIpc) is 3.04. The van der Waals surface area contributed by atoms with Gasteiger partial charge in [0.25, 0.3) is 5.91 Å². The van der Waals surface area contributed by atoms with Crippen LogP contribution >= 0.6 is 27.5 Å². The number of nitrogens with one attached hydrogen (secondary N) is 2. The maximum Gasteiger partial charge on any atom is 0.255 e. The van der Waals surface area contributed by atoms with Gasteiger partial charge in [-0.3, -0.25) is 4.79 Å². The lowest BCUT2D eigenvalue weighted by Crippen LogP contribution is -2.48. The molecule has 2 aliphatic heterocycles. The molecule has 0 radical (unpaired) electrons. The number of halogens is 2. The summed E-state index contributed by atoms with van der Waals surface area (Å²) in [6, 6.07) is 1.63. The minimum atomic E-state index is -0.208. The first-order chi connectivity index (χ1) is 15.0. The fourth-order valence-corrected chi connectivity index (χ4v) is 4.73. The first-order valence-electron chi connectivity index (χ1n) is 11.0. The Kier molecular flexibility index (Phi) is 9.72. The minimum Gasteiger partial charge on any atom is -0.489 e. The van der Waals surface area contributed by atoms with E-state index in [-0.39, 0.29) is 17.9 Å². The van der Waals surface area contributed by atoms with E-state index in [2.05, 4.69) is 31.5 Å². The predicted octanol–water partition coefficient (Wildman–Crippen LogP) is 3.33. The number of piperidine rings is 1. The number of benzene rings is 1. The highest BCUT2D eigenvalue weighted by molar-refractivity contribution is 9.10. The quantitative estimate of drug-likeness (QED) is 0.489. The van der Waals surface area contributed by atoms with Crippen LogP contribution in [0, 0.1) is 5.92 Å². The molecule has 2 heterocycles. The molecule has 3 rings (SSSR count). The number of fused-ring (bicyclic) bond motifs is 1. The molecule has 9 heteroatoms. The molecule has 0 aromatic heterocycles. The van der Waals surface area contributed by atoms with Gasteiger partial charge in [-0.05, 0) is 67.9 Å². The van der Waals surface area contributed by atoms with Gasteiger partial charge in [0.2, 0.25) is 0 Å². The van der Waals surface area contributed by atoms with E-state index < -0.39 is 0 Å². The molecule has 2 N–H and O–H groups in total. The van der Waals surface area contributed by atoms with Gasteiger partial charge in [0.1, 0.15) is 0 Å². The molecule has 31 heavy (non-hydrogen) atoms. The third-order valence-electron chi connectivity index (χ3n) is 5.92. The number of hydrogen-bond acceptors (Lipinski definition) is 6. The Morgan fingerprint density at radius 1 is 1.32 bits per heavy atom. The molecular weight excluding hydrogens is 486 g/mol. The summed E-state index contributed by atoms with van der Waals surface area (Å²) in [7, 11) is 3.74. The fraction of sp³-hybridized carbons (Fsp3) is 0.682. The summed E-state index contributed by atoms with van der Waals surface area (Å²) in [5.41, 5.74) is 0.404. The van der Waals surface area contributed by atoms with Crippen LogP contribution in [0.1, 0.15) is 36.0 Å². The Labute approximate surface area is 198 Å². The molecule has 0 saturated carbocycles. The van der Waals surface area contributed by atoms with Crippen LogP contribution < -0.4 is 20.1 Å². The largest absolute Gasteiger partial charge is 0.489 e. The maximum absolute atomic E-state index is 13.0. The Morgan fingerprint density at radius 2 is 2.10 bits per heavy atom. The van der Waals surface area contributed by atoms with Crippen molar-refractivity contribution in [2.45, 2.75) is 31.8 Å². The molecule has 1 aromatic rings. The van der Waals surface area contributed by atoms with E-state index in [9.17, 15) is 4.79 Å². The fourth-order valence-electron chi connectivity index (χ4n) is 4.12. The van der Waals surface area contributed by atoms with Gasteiger partial charge in [0, 0.05) is 32.5 Å². The van der Waals surface area contributed by atoms with Crippen molar-refractivity contribution >= 4 is 33.4 Å². The highest BCUT2D eigenvalue weighted by atomic mass is 79.9. The zero-order valence-electron chi connectivity index (χ0n) is 18.3. The molecule has 1 aromatic carbocycles. The normalized spacial score (nSPS) is 21.5. The molecule has 0 unspecified atom stereocenters. The van der Waals surface area contributed by atoms with Gasteiger partial charge < -0.3 is 29.7 Å². The second kappa shape index (κ2) is 12.3. The smallest absolute Gasteiger partial charge is 0.255 e. The van der Waals surface area contributed by atoms with Crippen LogP contribution in [0.5, 0.6) is 11.5 Å². The van der Waals surface area contributed by atoms with Gasteiger partial charge >= 0.3 is 0 Å². The number of unbranched alkanes of at least 4 members (excludes halogenated alkanes) is 1. The first kappa shape index (κ1) is 24.6. The molecular formula is C22H33BrClN3O4. The van der Waals surface area contributed by atoms with E-state index in [0.717, 1.165) is 39.0 Å². The maximum atomic E-state index is 13.0. The van der Waals surface area contributed by atoms with Crippen molar-refractivity contribution < 1.29 is 19.0 Å². The molecule has 1 amide bonds. The van der Waals surface area contributed by atoms with E-state index in [1.54, 1.807) is 13.2 Å². The number of likely N-dealkylation sites (tertiary alicyclic amines) is 1. The van der Waals surface area contributed by atoms with Crippen molar-refractivity contribution in [1.82, 2.24) is 15.5 Å². The zero-order valence-corrected chi connectivity index (χ0v) is 20.7. The predicted molar refractivity (Wildman–Crippen MR) is 126 cm³/mol. The Bertz CT molecular complexity index is 752. The van der Waals surface area contributed by atoms with Crippen molar-refractivity contribution in [3.63, 3.8) is 0 Å². The lowest BCUT2D eigenvalue weighted by Gasteiger charge is -2.38. The van der Waals surface area contributed by atoms with Crippen LogP contribution in [0.2, 0.25) is 5.02 Å². The second-order valence-corrected chi connectivity index (χ2v) is 9.27. The summed E-state index contributed by atoms with van der Waals surface area (Å²) in [6.45, 7) is 5.63. The number of carbonyl (C=O) groups excluding carboxylic acids is 1. The van der Waals surface area contributed by atoms with E-state index in [4.69, 9.17) is 25.8 Å². The van der Waals surface area contributed by atoms with Crippen LogP contribution in [-0.4, -0.2) is 77.0 Å².